The summed E-state index contributed by atoms with van der Waals surface area (Å²) >= 11 is 0. The Morgan fingerprint density at radius 2 is 1.69 bits per heavy atom. The van der Waals surface area contributed by atoms with Gasteiger partial charge in [-0.1, -0.05) is 42.5 Å². The molecule has 3 amide bonds. The maximum Gasteiger partial charge on any atom is 0.329 e. The fourth-order valence-corrected chi connectivity index (χ4v) is 5.32. The van der Waals surface area contributed by atoms with Crippen molar-refractivity contribution in [2.45, 2.75) is 32.5 Å². The molecule has 1 fully saturated rings. The van der Waals surface area contributed by atoms with Crippen molar-refractivity contribution in [3.05, 3.63) is 106 Å². The van der Waals surface area contributed by atoms with E-state index < -0.39 is 17.7 Å². The number of benzene rings is 3. The van der Waals surface area contributed by atoms with Gasteiger partial charge in [0.05, 0.1) is 6.20 Å². The molecular weight excluding hydrogens is 500 g/mol. The molecule has 7 nitrogen and oxygen atoms in total. The van der Waals surface area contributed by atoms with Gasteiger partial charge in [0.2, 0.25) is 5.91 Å². The lowest BCUT2D eigenvalue weighted by Gasteiger charge is -2.26. The number of carbonyl (C=O) groups is 2. The van der Waals surface area contributed by atoms with Crippen molar-refractivity contribution in [2.24, 2.45) is 7.05 Å². The third-order valence-electron chi connectivity index (χ3n) is 7.39. The van der Waals surface area contributed by atoms with Gasteiger partial charge in [-0.15, -0.1) is 0 Å². The highest BCUT2D eigenvalue weighted by Crippen LogP contribution is 2.31. The number of carbonyl (C=O) groups excluding carboxylic acids is 2. The number of urea groups is 1. The lowest BCUT2D eigenvalue weighted by molar-refractivity contribution is -0.120. The summed E-state index contributed by atoms with van der Waals surface area (Å²) in [5.74, 6) is 0.0359. The first-order valence-corrected chi connectivity index (χ1v) is 12.8. The Kier molecular flexibility index (Phi) is 6.44. The molecule has 1 N–H and O–H groups in total. The van der Waals surface area contributed by atoms with E-state index in [-0.39, 0.29) is 12.3 Å². The molecule has 1 saturated heterocycles. The molecule has 1 aromatic heterocycles. The minimum atomic E-state index is -0.569. The zero-order valence-corrected chi connectivity index (χ0v) is 21.5. The van der Waals surface area contributed by atoms with Crippen molar-refractivity contribution in [1.82, 2.24) is 19.8 Å². The van der Waals surface area contributed by atoms with Crippen LogP contribution in [0.25, 0.3) is 11.4 Å². The first-order chi connectivity index (χ1) is 18.8. The molecule has 2 aliphatic rings. The first-order valence-electron chi connectivity index (χ1n) is 12.8. The number of fused-ring (bicyclic) bond motifs is 1. The Labute approximate surface area is 224 Å². The number of anilines is 1. The highest BCUT2D eigenvalue weighted by atomic mass is 19.1. The molecule has 0 saturated carbocycles. The summed E-state index contributed by atoms with van der Waals surface area (Å²) < 4.78 is 29.1. The van der Waals surface area contributed by atoms with Gasteiger partial charge in [0.15, 0.2) is 0 Å². The van der Waals surface area contributed by atoms with E-state index in [9.17, 15) is 18.4 Å². The van der Waals surface area contributed by atoms with Crippen molar-refractivity contribution < 1.29 is 18.4 Å². The van der Waals surface area contributed by atoms with Crippen LogP contribution in [0.2, 0.25) is 0 Å². The summed E-state index contributed by atoms with van der Waals surface area (Å²) in [5, 5.41) is 2.35. The molecule has 2 aliphatic heterocycles. The predicted octanol–water partition coefficient (Wildman–Crippen LogP) is 4.92. The molecule has 9 heteroatoms. The van der Waals surface area contributed by atoms with Crippen LogP contribution < -0.4 is 10.2 Å². The number of aromatic nitrogens is 2. The summed E-state index contributed by atoms with van der Waals surface area (Å²) in [6.07, 6.45) is 2.34. The lowest BCUT2D eigenvalue weighted by atomic mass is 10.0. The van der Waals surface area contributed by atoms with Gasteiger partial charge in [-0.05, 0) is 39.9 Å². The Morgan fingerprint density at radius 1 is 0.923 bits per heavy atom. The molecule has 39 heavy (non-hydrogen) atoms. The fraction of sp³-hybridized carbons (Fsp3) is 0.233. The second kappa shape index (κ2) is 10.1. The van der Waals surface area contributed by atoms with Crippen molar-refractivity contribution in [2.75, 3.05) is 11.4 Å². The number of amides is 3. The molecule has 0 aliphatic carbocycles. The SMILES string of the molecule is Cn1c(N2CCC(=O)NC2=O)cnc1-c1ccc2c(c1)CN(Cc1ccc(Cc3ccc(F)cc3F)cc1)C2. The van der Waals surface area contributed by atoms with E-state index in [1.165, 1.54) is 33.7 Å². The van der Waals surface area contributed by atoms with E-state index in [4.69, 9.17) is 0 Å². The van der Waals surface area contributed by atoms with Crippen LogP contribution >= 0.6 is 0 Å². The van der Waals surface area contributed by atoms with Gasteiger partial charge in [0.25, 0.3) is 0 Å². The predicted molar refractivity (Wildman–Crippen MR) is 143 cm³/mol. The lowest BCUT2D eigenvalue weighted by Crippen LogP contribution is -2.50. The minimum absolute atomic E-state index is 0.260. The number of imide groups is 1. The molecule has 198 valence electrons. The molecule has 4 aromatic rings. The molecular formula is C30H27F2N5O2. The molecule has 6 rings (SSSR count). The summed E-state index contributed by atoms with van der Waals surface area (Å²) in [4.78, 5) is 32.3. The Hall–Kier alpha value is -4.37. The van der Waals surface area contributed by atoms with E-state index in [0.717, 1.165) is 42.7 Å². The van der Waals surface area contributed by atoms with Crippen molar-refractivity contribution >= 4 is 17.8 Å². The topological polar surface area (TPSA) is 70.5 Å². The highest BCUT2D eigenvalue weighted by Gasteiger charge is 2.27. The van der Waals surface area contributed by atoms with Crippen molar-refractivity contribution in [3.8, 4) is 11.4 Å². The molecule has 0 radical (unpaired) electrons. The van der Waals surface area contributed by atoms with Crippen LogP contribution in [0.5, 0.6) is 0 Å². The molecule has 0 spiro atoms. The average Bonchev–Trinajstić information content (AvgIpc) is 3.49. The van der Waals surface area contributed by atoms with Crippen LogP contribution in [0, 0.1) is 11.6 Å². The molecule has 3 heterocycles. The second-order valence-corrected chi connectivity index (χ2v) is 10.1. The number of rotatable bonds is 6. The number of hydrogen-bond donors (Lipinski definition) is 1. The van der Waals surface area contributed by atoms with Crippen molar-refractivity contribution in [3.63, 3.8) is 0 Å². The smallest absolute Gasteiger partial charge is 0.314 e. The van der Waals surface area contributed by atoms with Gasteiger partial charge in [-0.25, -0.2) is 18.6 Å². The van der Waals surface area contributed by atoms with Crippen LogP contribution in [-0.4, -0.2) is 32.9 Å². The molecule has 0 unspecified atom stereocenters. The quantitative estimate of drug-likeness (QED) is 0.387. The summed E-state index contributed by atoms with van der Waals surface area (Å²) in [7, 11) is 1.87. The number of nitrogens with one attached hydrogen (secondary N) is 1. The van der Waals surface area contributed by atoms with Gasteiger partial charge < -0.3 is 4.57 Å². The van der Waals surface area contributed by atoms with Gasteiger partial charge in [-0.2, -0.15) is 0 Å². The van der Waals surface area contributed by atoms with E-state index in [1.807, 2.05) is 23.7 Å². The third-order valence-corrected chi connectivity index (χ3v) is 7.39. The van der Waals surface area contributed by atoms with Crippen LogP contribution in [0.15, 0.2) is 66.9 Å². The van der Waals surface area contributed by atoms with Crippen LogP contribution in [0.4, 0.5) is 19.4 Å². The van der Waals surface area contributed by atoms with E-state index in [2.05, 4.69) is 45.5 Å². The van der Waals surface area contributed by atoms with Crippen LogP contribution in [0.1, 0.15) is 34.2 Å². The first kappa shape index (κ1) is 24.9. The maximum atomic E-state index is 14.0. The molecule has 0 atom stereocenters. The number of nitrogens with zero attached hydrogens (tertiary/aromatic N) is 4. The monoisotopic (exact) mass is 527 g/mol. The molecule has 3 aromatic carbocycles. The zero-order chi connectivity index (χ0) is 27.1. The Morgan fingerprint density at radius 3 is 2.46 bits per heavy atom. The molecule has 0 bridgehead atoms. The van der Waals surface area contributed by atoms with Gasteiger partial charge in [-0.3, -0.25) is 19.9 Å². The van der Waals surface area contributed by atoms with E-state index in [0.29, 0.717) is 24.3 Å². The number of halogens is 2. The van der Waals surface area contributed by atoms with Crippen molar-refractivity contribution in [1.29, 1.82) is 0 Å². The maximum absolute atomic E-state index is 14.0. The van der Waals surface area contributed by atoms with Crippen LogP contribution in [0.3, 0.4) is 0 Å². The second-order valence-electron chi connectivity index (χ2n) is 10.1. The third kappa shape index (κ3) is 5.05. The summed E-state index contributed by atoms with van der Waals surface area (Å²) in [6, 6.07) is 17.7. The fourth-order valence-electron chi connectivity index (χ4n) is 5.32. The number of imidazole rings is 1. The summed E-state index contributed by atoms with van der Waals surface area (Å²) in [5.41, 5.74) is 6.09. The summed E-state index contributed by atoms with van der Waals surface area (Å²) in [6.45, 7) is 2.75. The highest BCUT2D eigenvalue weighted by molar-refractivity contribution is 6.05. The van der Waals surface area contributed by atoms with Crippen LogP contribution in [-0.2, 0) is 37.9 Å². The zero-order valence-electron chi connectivity index (χ0n) is 21.5. The van der Waals surface area contributed by atoms with Gasteiger partial charge in [0, 0.05) is 57.7 Å². The Balaban J connectivity index is 1.12. The Bertz CT molecular complexity index is 1580. The number of hydrogen-bond acceptors (Lipinski definition) is 4. The largest absolute Gasteiger partial charge is 0.329 e. The minimum Gasteiger partial charge on any atom is -0.314 e. The van der Waals surface area contributed by atoms with E-state index in [1.54, 1.807) is 6.20 Å². The average molecular weight is 528 g/mol. The normalized spacial score (nSPS) is 15.5. The van der Waals surface area contributed by atoms with Gasteiger partial charge in [0.1, 0.15) is 23.3 Å². The standard InChI is InChI=1S/C30H27F2N5O2/c1-35-28(37-11-10-27(38)34-30(37)39)15-33-29(35)22-6-7-23-17-36(18-24(23)13-22)16-20-4-2-19(3-5-20)12-21-8-9-25(31)14-26(21)32/h2-9,13-15H,10-12,16-18H2,1H3,(H,34,38,39). The van der Waals surface area contributed by atoms with Gasteiger partial charge >= 0.3 is 6.03 Å². The van der Waals surface area contributed by atoms with E-state index >= 15 is 0 Å².